The van der Waals surface area contributed by atoms with Crippen LogP contribution in [0.5, 0.6) is 0 Å². The largest absolute Gasteiger partial charge is 0.392 e. The number of hydrogen-bond donors (Lipinski definition) is 3. The molecule has 138 valence electrons. The minimum Gasteiger partial charge on any atom is -0.392 e. The van der Waals surface area contributed by atoms with Crippen LogP contribution in [0.1, 0.15) is 59.8 Å². The Morgan fingerprint density at radius 3 is 2.11 bits per heavy atom. The van der Waals surface area contributed by atoms with Crippen LogP contribution in [0.2, 0.25) is 0 Å². The van der Waals surface area contributed by atoms with Gasteiger partial charge in [0.15, 0.2) is 0 Å². The standard InChI is InChI=1S/C24H26N2O/c25-24(26)21-12-10-18-13-20(11-9-19(18)14-21)23-4-2-1-3-22(23)17-7-5-16(15-27)6-8-17/h5-14,22-23,27H,1-4,15H2,(H3,25,26). The molecule has 4 rings (SSSR count). The van der Waals surface area contributed by atoms with Gasteiger partial charge in [-0.05, 0) is 58.2 Å². The highest BCUT2D eigenvalue weighted by molar-refractivity contribution is 5.99. The van der Waals surface area contributed by atoms with E-state index in [1.165, 1.54) is 42.2 Å². The number of nitrogen functional groups attached to an aromatic ring is 1. The van der Waals surface area contributed by atoms with Gasteiger partial charge in [-0.15, -0.1) is 0 Å². The van der Waals surface area contributed by atoms with Crippen molar-refractivity contribution in [3.05, 3.63) is 82.9 Å². The van der Waals surface area contributed by atoms with E-state index in [-0.39, 0.29) is 12.4 Å². The number of aliphatic hydroxyl groups excluding tert-OH is 1. The van der Waals surface area contributed by atoms with Gasteiger partial charge in [0.1, 0.15) is 5.84 Å². The summed E-state index contributed by atoms with van der Waals surface area (Å²) in [5.74, 6) is 1.16. The summed E-state index contributed by atoms with van der Waals surface area (Å²) in [6.07, 6.45) is 4.98. The second-order valence-corrected chi connectivity index (χ2v) is 7.63. The highest BCUT2D eigenvalue weighted by Gasteiger charge is 2.27. The van der Waals surface area contributed by atoms with Crippen molar-refractivity contribution >= 4 is 16.6 Å². The third kappa shape index (κ3) is 3.60. The molecule has 0 amide bonds. The van der Waals surface area contributed by atoms with Crippen molar-refractivity contribution in [1.82, 2.24) is 0 Å². The zero-order valence-electron chi connectivity index (χ0n) is 15.5. The van der Waals surface area contributed by atoms with Crippen LogP contribution in [-0.2, 0) is 6.61 Å². The number of fused-ring (bicyclic) bond motifs is 1. The van der Waals surface area contributed by atoms with Crippen LogP contribution in [0, 0.1) is 5.41 Å². The lowest BCUT2D eigenvalue weighted by molar-refractivity contribution is 0.281. The van der Waals surface area contributed by atoms with Gasteiger partial charge in [0.05, 0.1) is 6.61 Å². The fourth-order valence-electron chi connectivity index (χ4n) is 4.46. The van der Waals surface area contributed by atoms with E-state index in [4.69, 9.17) is 11.1 Å². The van der Waals surface area contributed by atoms with E-state index < -0.39 is 0 Å². The highest BCUT2D eigenvalue weighted by atomic mass is 16.3. The molecule has 27 heavy (non-hydrogen) atoms. The number of amidine groups is 1. The molecule has 3 heteroatoms. The first-order valence-corrected chi connectivity index (χ1v) is 9.73. The zero-order valence-corrected chi connectivity index (χ0v) is 15.5. The van der Waals surface area contributed by atoms with E-state index in [0.717, 1.165) is 16.5 Å². The Morgan fingerprint density at radius 1 is 0.852 bits per heavy atom. The monoisotopic (exact) mass is 358 g/mol. The maximum atomic E-state index is 9.30. The molecule has 3 aromatic rings. The van der Waals surface area contributed by atoms with Gasteiger partial charge < -0.3 is 10.8 Å². The van der Waals surface area contributed by atoms with E-state index in [1.54, 1.807) is 0 Å². The van der Waals surface area contributed by atoms with Crippen molar-refractivity contribution in [3.8, 4) is 0 Å². The van der Waals surface area contributed by atoms with E-state index in [2.05, 4.69) is 36.4 Å². The van der Waals surface area contributed by atoms with Crippen LogP contribution in [0.15, 0.2) is 60.7 Å². The quantitative estimate of drug-likeness (QED) is 0.451. The normalized spacial score (nSPS) is 19.9. The molecule has 0 heterocycles. The van der Waals surface area contributed by atoms with Crippen molar-refractivity contribution in [3.63, 3.8) is 0 Å². The minimum absolute atomic E-state index is 0.0985. The molecule has 0 aromatic heterocycles. The molecule has 3 nitrogen and oxygen atoms in total. The van der Waals surface area contributed by atoms with Crippen LogP contribution in [-0.4, -0.2) is 10.9 Å². The lowest BCUT2D eigenvalue weighted by Gasteiger charge is -2.32. The van der Waals surface area contributed by atoms with Crippen molar-refractivity contribution in [2.24, 2.45) is 5.73 Å². The zero-order chi connectivity index (χ0) is 18.8. The predicted octanol–water partition coefficient (Wildman–Crippen LogP) is 5.06. The second kappa shape index (κ2) is 7.53. The van der Waals surface area contributed by atoms with Gasteiger partial charge >= 0.3 is 0 Å². The summed E-state index contributed by atoms with van der Waals surface area (Å²) in [5.41, 5.74) is 10.1. The van der Waals surface area contributed by atoms with E-state index in [1.807, 2.05) is 24.3 Å². The average Bonchev–Trinajstić information content (AvgIpc) is 2.73. The maximum Gasteiger partial charge on any atom is 0.122 e. The van der Waals surface area contributed by atoms with Crippen LogP contribution >= 0.6 is 0 Å². The Balaban J connectivity index is 1.68. The summed E-state index contributed by atoms with van der Waals surface area (Å²) in [5, 5.41) is 19.3. The van der Waals surface area contributed by atoms with Crippen molar-refractivity contribution in [1.29, 1.82) is 5.41 Å². The van der Waals surface area contributed by atoms with Gasteiger partial charge in [-0.1, -0.05) is 67.4 Å². The highest BCUT2D eigenvalue weighted by Crippen LogP contribution is 2.44. The molecular weight excluding hydrogens is 332 g/mol. The van der Waals surface area contributed by atoms with Crippen molar-refractivity contribution < 1.29 is 5.11 Å². The summed E-state index contributed by atoms with van der Waals surface area (Å²) in [7, 11) is 0. The number of benzene rings is 3. The first kappa shape index (κ1) is 17.7. The number of rotatable bonds is 4. The molecule has 1 fully saturated rings. The average molecular weight is 358 g/mol. The molecule has 2 atom stereocenters. The van der Waals surface area contributed by atoms with E-state index >= 15 is 0 Å². The minimum atomic E-state index is 0.0985. The Morgan fingerprint density at radius 2 is 1.44 bits per heavy atom. The molecule has 1 saturated carbocycles. The Bertz CT molecular complexity index is 962. The molecule has 1 aliphatic rings. The van der Waals surface area contributed by atoms with Gasteiger partial charge in [0, 0.05) is 5.56 Å². The SMILES string of the molecule is N=C(N)c1ccc2cc(C3CCCCC3c3ccc(CO)cc3)ccc2c1. The van der Waals surface area contributed by atoms with E-state index in [0.29, 0.717) is 11.8 Å². The predicted molar refractivity (Wildman–Crippen MR) is 111 cm³/mol. The molecule has 2 unspecified atom stereocenters. The summed E-state index contributed by atoms with van der Waals surface area (Å²) in [6.45, 7) is 0.0985. The van der Waals surface area contributed by atoms with Crippen molar-refractivity contribution in [2.75, 3.05) is 0 Å². The number of hydrogen-bond acceptors (Lipinski definition) is 2. The molecule has 3 aromatic carbocycles. The molecule has 0 aliphatic heterocycles. The molecule has 0 spiro atoms. The van der Waals surface area contributed by atoms with Gasteiger partial charge in [-0.25, -0.2) is 0 Å². The van der Waals surface area contributed by atoms with Crippen LogP contribution in [0.4, 0.5) is 0 Å². The third-order valence-electron chi connectivity index (χ3n) is 5.96. The first-order chi connectivity index (χ1) is 13.2. The summed E-state index contributed by atoms with van der Waals surface area (Å²) >= 11 is 0. The molecular formula is C24H26N2O. The molecule has 4 N–H and O–H groups in total. The van der Waals surface area contributed by atoms with E-state index in [9.17, 15) is 5.11 Å². The molecule has 1 aliphatic carbocycles. The van der Waals surface area contributed by atoms with Crippen LogP contribution in [0.25, 0.3) is 10.8 Å². The summed E-state index contributed by atoms with van der Waals surface area (Å²) in [6, 6.07) is 21.2. The molecule has 0 radical (unpaired) electrons. The topological polar surface area (TPSA) is 70.1 Å². The fraction of sp³-hybridized carbons (Fsp3) is 0.292. The Labute approximate surface area is 160 Å². The number of nitrogens with two attached hydrogens (primary N) is 1. The van der Waals surface area contributed by atoms with Crippen LogP contribution < -0.4 is 5.73 Å². The van der Waals surface area contributed by atoms with Crippen molar-refractivity contribution in [2.45, 2.75) is 44.1 Å². The fourth-order valence-corrected chi connectivity index (χ4v) is 4.46. The molecule has 0 bridgehead atoms. The first-order valence-electron chi connectivity index (χ1n) is 9.73. The summed E-state index contributed by atoms with van der Waals surface area (Å²) in [4.78, 5) is 0. The smallest absolute Gasteiger partial charge is 0.122 e. The number of aliphatic hydroxyl groups is 1. The summed E-state index contributed by atoms with van der Waals surface area (Å²) < 4.78 is 0. The lowest BCUT2D eigenvalue weighted by atomic mass is 9.72. The molecule has 0 saturated heterocycles. The lowest BCUT2D eigenvalue weighted by Crippen LogP contribution is -2.16. The van der Waals surface area contributed by atoms with Gasteiger partial charge in [0.2, 0.25) is 0 Å². The Hall–Kier alpha value is -2.65. The third-order valence-corrected chi connectivity index (χ3v) is 5.96. The maximum absolute atomic E-state index is 9.30. The van der Waals surface area contributed by atoms with Gasteiger partial charge in [0.25, 0.3) is 0 Å². The Kier molecular flexibility index (Phi) is 4.95. The van der Waals surface area contributed by atoms with Gasteiger partial charge in [-0.3, -0.25) is 5.41 Å². The van der Waals surface area contributed by atoms with Gasteiger partial charge in [-0.2, -0.15) is 0 Å². The second-order valence-electron chi connectivity index (χ2n) is 7.63. The van der Waals surface area contributed by atoms with Crippen LogP contribution in [0.3, 0.4) is 0 Å². The number of nitrogens with one attached hydrogen (secondary N) is 1.